The number of halogens is 4. The minimum atomic E-state index is -4.69. The maximum Gasteiger partial charge on any atom is 0.416 e. The molecule has 5 rings (SSSR count). The average molecular weight is 677 g/mol. The van der Waals surface area contributed by atoms with Gasteiger partial charge in [0.1, 0.15) is 17.7 Å². The molecule has 9 nitrogen and oxygen atoms in total. The van der Waals surface area contributed by atoms with Crippen LogP contribution in [0.2, 0.25) is 0 Å². The summed E-state index contributed by atoms with van der Waals surface area (Å²) >= 11 is 0. The third-order valence-electron chi connectivity index (χ3n) is 8.18. The Hall–Kier alpha value is -5.30. The summed E-state index contributed by atoms with van der Waals surface area (Å²) in [5, 5.41) is 7.61. The molecule has 256 valence electrons. The molecule has 1 N–H and O–H groups in total. The molecule has 0 saturated carbocycles. The number of hydrogen-bond acceptors (Lipinski definition) is 5. The molecule has 0 spiro atoms. The van der Waals surface area contributed by atoms with Crippen molar-refractivity contribution in [3.8, 4) is 5.69 Å². The lowest BCUT2D eigenvalue weighted by Gasteiger charge is -2.38. The number of nitrogens with one attached hydrogen (secondary N) is 1. The monoisotopic (exact) mass is 676 g/mol. The van der Waals surface area contributed by atoms with Gasteiger partial charge in [-0.3, -0.25) is 19.3 Å². The van der Waals surface area contributed by atoms with Crippen molar-refractivity contribution in [3.63, 3.8) is 0 Å². The van der Waals surface area contributed by atoms with Crippen LogP contribution in [0.5, 0.6) is 0 Å². The SMILES string of the molecule is CCN1C(=O)[C@@H](NC(=O)c2cccc(C(F)(F)F)c2)[C@@H](c2ccc(F)cc2)c2c(CN(C)C(=O)/C=C/CN(C)C)nn(-c3ccccc3)c21. The summed E-state index contributed by atoms with van der Waals surface area (Å²) in [7, 11) is 5.36. The number of fused-ring (bicyclic) bond motifs is 1. The van der Waals surface area contributed by atoms with Gasteiger partial charge in [-0.05, 0) is 69.0 Å². The zero-order valence-corrected chi connectivity index (χ0v) is 27.4. The van der Waals surface area contributed by atoms with Crippen molar-refractivity contribution in [2.24, 2.45) is 0 Å². The maximum absolute atomic E-state index is 14.4. The minimum absolute atomic E-state index is 0.00500. The molecule has 0 bridgehead atoms. The Kier molecular flexibility index (Phi) is 10.3. The van der Waals surface area contributed by atoms with E-state index in [1.54, 1.807) is 24.7 Å². The summed E-state index contributed by atoms with van der Waals surface area (Å²) in [4.78, 5) is 46.0. The number of para-hydroxylation sites is 1. The van der Waals surface area contributed by atoms with Crippen LogP contribution in [-0.4, -0.2) is 77.6 Å². The molecule has 0 fully saturated rings. The number of anilines is 1. The molecule has 2 heterocycles. The van der Waals surface area contributed by atoms with E-state index in [2.05, 4.69) is 5.32 Å². The van der Waals surface area contributed by atoms with E-state index < -0.39 is 41.3 Å². The topological polar surface area (TPSA) is 90.8 Å². The van der Waals surface area contributed by atoms with Crippen molar-refractivity contribution >= 4 is 23.5 Å². The average Bonchev–Trinajstić information content (AvgIpc) is 3.43. The van der Waals surface area contributed by atoms with E-state index in [-0.39, 0.29) is 24.6 Å². The molecule has 0 radical (unpaired) electrons. The number of carbonyl (C=O) groups is 3. The summed E-state index contributed by atoms with van der Waals surface area (Å²) in [5.41, 5.74) is 0.693. The van der Waals surface area contributed by atoms with Gasteiger partial charge in [-0.1, -0.05) is 42.5 Å². The second-order valence-electron chi connectivity index (χ2n) is 11.9. The predicted molar refractivity (Wildman–Crippen MR) is 177 cm³/mol. The van der Waals surface area contributed by atoms with Crippen LogP contribution in [0, 0.1) is 5.82 Å². The number of benzene rings is 3. The van der Waals surface area contributed by atoms with Crippen LogP contribution in [0.4, 0.5) is 23.4 Å². The van der Waals surface area contributed by atoms with Crippen molar-refractivity contribution < 1.29 is 31.9 Å². The second-order valence-corrected chi connectivity index (χ2v) is 11.9. The Morgan fingerprint density at radius 3 is 2.31 bits per heavy atom. The minimum Gasteiger partial charge on any atom is -0.339 e. The number of aromatic nitrogens is 2. The zero-order valence-electron chi connectivity index (χ0n) is 27.4. The van der Waals surface area contributed by atoms with Crippen molar-refractivity contribution in [2.75, 3.05) is 39.1 Å². The number of rotatable bonds is 10. The summed E-state index contributed by atoms with van der Waals surface area (Å²) in [5.74, 6) is -2.81. The molecule has 0 unspecified atom stereocenters. The van der Waals surface area contributed by atoms with Crippen LogP contribution < -0.4 is 10.2 Å². The van der Waals surface area contributed by atoms with Crippen molar-refractivity contribution in [1.82, 2.24) is 24.9 Å². The molecule has 49 heavy (non-hydrogen) atoms. The van der Waals surface area contributed by atoms with Crippen LogP contribution in [0.1, 0.15) is 45.6 Å². The first-order valence-corrected chi connectivity index (χ1v) is 15.6. The Morgan fingerprint density at radius 1 is 0.980 bits per heavy atom. The molecule has 2 atom stereocenters. The fourth-order valence-electron chi connectivity index (χ4n) is 5.83. The number of hydrogen-bond donors (Lipinski definition) is 1. The van der Waals surface area contributed by atoms with Crippen molar-refractivity contribution in [2.45, 2.75) is 31.6 Å². The van der Waals surface area contributed by atoms with E-state index in [9.17, 15) is 31.9 Å². The summed E-state index contributed by atoms with van der Waals surface area (Å²) < 4.78 is 56.4. The molecule has 0 saturated heterocycles. The zero-order chi connectivity index (χ0) is 35.5. The van der Waals surface area contributed by atoms with Crippen LogP contribution in [0.3, 0.4) is 0 Å². The van der Waals surface area contributed by atoms with Crippen molar-refractivity contribution in [3.05, 3.63) is 125 Å². The lowest BCUT2D eigenvalue weighted by Crippen LogP contribution is -2.55. The first-order chi connectivity index (χ1) is 23.3. The highest BCUT2D eigenvalue weighted by Crippen LogP contribution is 2.44. The molecule has 1 aromatic heterocycles. The first-order valence-electron chi connectivity index (χ1n) is 15.6. The van der Waals surface area contributed by atoms with Crippen LogP contribution >= 0.6 is 0 Å². The number of likely N-dealkylation sites (N-methyl/N-ethyl adjacent to an activating group) is 3. The highest BCUT2D eigenvalue weighted by molar-refractivity contribution is 6.05. The molecule has 3 amide bonds. The molecule has 3 aromatic carbocycles. The summed E-state index contributed by atoms with van der Waals surface area (Å²) in [6.07, 6.45) is -1.50. The first kappa shape index (κ1) is 35.0. The number of alkyl halides is 3. The fourth-order valence-corrected chi connectivity index (χ4v) is 5.83. The van der Waals surface area contributed by atoms with E-state index in [0.717, 1.165) is 18.2 Å². The fraction of sp³-hybridized carbons (Fsp3) is 0.278. The van der Waals surface area contributed by atoms with Gasteiger partial charge < -0.3 is 15.1 Å². The van der Waals surface area contributed by atoms with E-state index in [1.807, 2.05) is 49.3 Å². The summed E-state index contributed by atoms with van der Waals surface area (Å²) in [6, 6.07) is 17.1. The van der Waals surface area contributed by atoms with Crippen molar-refractivity contribution in [1.29, 1.82) is 0 Å². The Morgan fingerprint density at radius 2 is 1.67 bits per heavy atom. The van der Waals surface area contributed by atoms with Crippen LogP contribution in [0.15, 0.2) is 91.0 Å². The van der Waals surface area contributed by atoms with E-state index in [1.165, 1.54) is 46.2 Å². The quantitative estimate of drug-likeness (QED) is 0.180. The van der Waals surface area contributed by atoms with Gasteiger partial charge >= 0.3 is 6.18 Å². The third kappa shape index (κ3) is 7.56. The molecule has 13 heteroatoms. The van der Waals surface area contributed by atoms with Gasteiger partial charge in [0.25, 0.3) is 11.8 Å². The maximum atomic E-state index is 14.4. The lowest BCUT2D eigenvalue weighted by molar-refractivity contribution is -0.137. The smallest absolute Gasteiger partial charge is 0.339 e. The van der Waals surface area contributed by atoms with E-state index in [4.69, 9.17) is 5.10 Å². The molecule has 4 aromatic rings. The molecule has 0 aliphatic carbocycles. The van der Waals surface area contributed by atoms with Gasteiger partial charge in [0.15, 0.2) is 0 Å². The van der Waals surface area contributed by atoms with E-state index >= 15 is 0 Å². The highest BCUT2D eigenvalue weighted by atomic mass is 19.4. The number of carbonyl (C=O) groups excluding carboxylic acids is 3. The van der Waals surface area contributed by atoms with E-state index in [0.29, 0.717) is 34.9 Å². The second kappa shape index (κ2) is 14.4. The van der Waals surface area contributed by atoms with Gasteiger partial charge in [0, 0.05) is 43.3 Å². The molecular formula is C36H36F4N6O3. The highest BCUT2D eigenvalue weighted by Gasteiger charge is 2.46. The Bertz CT molecular complexity index is 1850. The number of amides is 3. The lowest BCUT2D eigenvalue weighted by atomic mass is 9.80. The van der Waals surface area contributed by atoms with Crippen LogP contribution in [-0.2, 0) is 22.3 Å². The standard InChI is InChI=1S/C36H36F4N6O3/c1-5-45-34-31(28(42-46(34)27-13-7-6-8-14-27)22-44(4)29(47)15-10-20-43(2)3)30(23-16-18-26(37)19-17-23)32(35(45)49)41-33(48)24-11-9-12-25(21-24)36(38,39)40/h6-19,21,30,32H,5,20,22H2,1-4H3,(H,41,48)/b15-10+/t30-,32-/m0/s1. The van der Waals surface area contributed by atoms with Gasteiger partial charge in [-0.15, -0.1) is 0 Å². The van der Waals surface area contributed by atoms with Gasteiger partial charge in [0.2, 0.25) is 5.91 Å². The van der Waals surface area contributed by atoms with Gasteiger partial charge in [0.05, 0.1) is 23.5 Å². The third-order valence-corrected chi connectivity index (χ3v) is 8.18. The van der Waals surface area contributed by atoms with Gasteiger partial charge in [-0.2, -0.15) is 18.3 Å². The molecule has 1 aliphatic heterocycles. The van der Waals surface area contributed by atoms with Gasteiger partial charge in [-0.25, -0.2) is 9.07 Å². The Balaban J connectivity index is 1.68. The normalized spacial score (nSPS) is 16.3. The Labute approximate surface area is 281 Å². The molecule has 1 aliphatic rings. The van der Waals surface area contributed by atoms with Crippen LogP contribution in [0.25, 0.3) is 5.69 Å². The molecular weight excluding hydrogens is 640 g/mol. The summed E-state index contributed by atoms with van der Waals surface area (Å²) in [6.45, 7) is 2.45. The largest absolute Gasteiger partial charge is 0.416 e. The number of nitrogens with zero attached hydrogens (tertiary/aromatic N) is 5. The predicted octanol–water partition coefficient (Wildman–Crippen LogP) is 5.40.